The molecule has 0 saturated carbocycles. The molecule has 0 fully saturated rings. The molecule has 62 valence electrons. The van der Waals surface area contributed by atoms with E-state index in [4.69, 9.17) is 15.3 Å². The van der Waals surface area contributed by atoms with Crippen LogP contribution in [0, 0.1) is 0 Å². The van der Waals surface area contributed by atoms with Crippen LogP contribution in [0.5, 0.6) is 0 Å². The highest BCUT2D eigenvalue weighted by Gasteiger charge is 2.04. The first-order chi connectivity index (χ1) is 4.20. The molecule has 0 aliphatic rings. The lowest BCUT2D eigenvalue weighted by molar-refractivity contribution is -0.140. The number of nitrogens with zero attached hydrogens (tertiary/aromatic N) is 1. The summed E-state index contributed by atoms with van der Waals surface area (Å²) >= 11 is 0. The van der Waals surface area contributed by atoms with Crippen LogP contribution in [0.2, 0.25) is 0 Å². The van der Waals surface area contributed by atoms with Gasteiger partial charge in [-0.2, -0.15) is 9.90 Å². The highest BCUT2D eigenvalue weighted by molar-refractivity contribution is 6.92. The minimum atomic E-state index is -1.07. The van der Waals surface area contributed by atoms with E-state index in [0.717, 1.165) is 4.90 Å². The molecule has 6 heteroatoms. The number of hydrogen-bond donors (Lipinski definition) is 3. The van der Waals surface area contributed by atoms with E-state index in [1.165, 1.54) is 0 Å². The number of hydrogen-bond acceptors (Lipinski definition) is 4. The van der Waals surface area contributed by atoms with Gasteiger partial charge in [0.05, 0.1) is 13.5 Å². The molecule has 0 saturated heterocycles. The van der Waals surface area contributed by atoms with Crippen LogP contribution >= 0.6 is 9.90 Å². The van der Waals surface area contributed by atoms with Gasteiger partial charge in [0, 0.05) is 0 Å². The van der Waals surface area contributed by atoms with Gasteiger partial charge < -0.3 is 15.3 Å². The summed E-state index contributed by atoms with van der Waals surface area (Å²) in [4.78, 5) is 10.8. The molecular weight excluding hydrogens is 157 g/mol. The van der Waals surface area contributed by atoms with Crippen molar-refractivity contribution in [2.75, 3.05) is 20.0 Å². The molecular formula is C4H12NO4P. The summed E-state index contributed by atoms with van der Waals surface area (Å²) in [7, 11) is 0. The van der Waals surface area contributed by atoms with Gasteiger partial charge >= 0.3 is 5.97 Å². The van der Waals surface area contributed by atoms with Crippen molar-refractivity contribution in [3.63, 3.8) is 0 Å². The predicted octanol–water partition coefficient (Wildman–Crippen LogP) is -1.67. The van der Waals surface area contributed by atoms with Crippen LogP contribution < -0.4 is 0 Å². The highest BCUT2D eigenvalue weighted by Crippen LogP contribution is 1.80. The second-order valence-corrected chi connectivity index (χ2v) is 1.51. The summed E-state index contributed by atoms with van der Waals surface area (Å²) in [5.74, 6) is -1.07. The van der Waals surface area contributed by atoms with Crippen LogP contribution in [0.3, 0.4) is 0 Å². The van der Waals surface area contributed by atoms with Crippen molar-refractivity contribution in [1.82, 2.24) is 4.90 Å². The fraction of sp³-hybridized carbons (Fsp3) is 0.750. The Bertz CT molecular complexity index is 95.3. The van der Waals surface area contributed by atoms with Crippen LogP contribution in [-0.4, -0.2) is 46.2 Å². The Balaban J connectivity index is 0. The second-order valence-electron chi connectivity index (χ2n) is 1.51. The molecule has 1 atom stereocenters. The van der Waals surface area contributed by atoms with Crippen molar-refractivity contribution in [3.8, 4) is 0 Å². The first kappa shape index (κ1) is 12.5. The van der Waals surface area contributed by atoms with Gasteiger partial charge in [0.1, 0.15) is 6.54 Å². The lowest BCUT2D eigenvalue weighted by Gasteiger charge is -2.11. The predicted molar refractivity (Wildman–Crippen MR) is 39.6 cm³/mol. The molecule has 0 amide bonds. The van der Waals surface area contributed by atoms with Gasteiger partial charge in [-0.3, -0.25) is 4.79 Å². The Morgan fingerprint density at radius 3 is 1.80 bits per heavy atom. The third-order valence-corrected chi connectivity index (χ3v) is 0.759. The maximum Gasteiger partial charge on any atom is 0.317 e. The van der Waals surface area contributed by atoms with Gasteiger partial charge in [-0.25, -0.2) is 4.90 Å². The Labute approximate surface area is 61.9 Å². The van der Waals surface area contributed by atoms with E-state index in [0.29, 0.717) is 0 Å². The van der Waals surface area contributed by atoms with E-state index in [9.17, 15) is 4.79 Å². The quantitative estimate of drug-likeness (QED) is 0.346. The van der Waals surface area contributed by atoms with Crippen molar-refractivity contribution >= 4 is 15.9 Å². The van der Waals surface area contributed by atoms with Crippen molar-refractivity contribution in [2.45, 2.75) is 0 Å². The number of aliphatic hydroxyl groups is 2. The largest absolute Gasteiger partial charge is 0.480 e. The Morgan fingerprint density at radius 2 is 1.70 bits per heavy atom. The molecule has 0 aliphatic carbocycles. The van der Waals surface area contributed by atoms with Gasteiger partial charge in [-0.1, -0.05) is 0 Å². The SMILES string of the molecule is O=C(O)CN(CO)CO.P. The van der Waals surface area contributed by atoms with E-state index in [1.54, 1.807) is 0 Å². The Kier molecular flexibility index (Phi) is 8.59. The number of carbonyl (C=O) groups is 1. The molecule has 3 N–H and O–H groups in total. The normalized spacial score (nSPS) is 9.10. The smallest absolute Gasteiger partial charge is 0.317 e. The van der Waals surface area contributed by atoms with Crippen molar-refractivity contribution in [3.05, 3.63) is 0 Å². The minimum Gasteiger partial charge on any atom is -0.480 e. The average Bonchev–Trinajstić information content (AvgIpc) is 1.82. The lowest BCUT2D eigenvalue weighted by Crippen LogP contribution is -2.31. The second kappa shape index (κ2) is 6.89. The fourth-order valence-electron chi connectivity index (χ4n) is 0.336. The number of carboxylic acids is 1. The first-order valence-corrected chi connectivity index (χ1v) is 2.36. The van der Waals surface area contributed by atoms with E-state index in [1.807, 2.05) is 0 Å². The third kappa shape index (κ3) is 5.91. The molecule has 0 aromatic heterocycles. The van der Waals surface area contributed by atoms with Crippen molar-refractivity contribution in [2.24, 2.45) is 0 Å². The van der Waals surface area contributed by atoms with Crippen LogP contribution in [0.25, 0.3) is 0 Å². The fourth-order valence-corrected chi connectivity index (χ4v) is 0.336. The molecule has 0 aromatic rings. The van der Waals surface area contributed by atoms with E-state index >= 15 is 0 Å². The molecule has 0 spiro atoms. The summed E-state index contributed by atoms with van der Waals surface area (Å²) < 4.78 is 0. The Hall–Kier alpha value is -0.220. The maximum absolute atomic E-state index is 9.86. The van der Waals surface area contributed by atoms with Crippen LogP contribution in [0.4, 0.5) is 0 Å². The summed E-state index contributed by atoms with van der Waals surface area (Å²) in [6.45, 7) is -1.22. The van der Waals surface area contributed by atoms with Gasteiger partial charge in [0.2, 0.25) is 0 Å². The van der Waals surface area contributed by atoms with Crippen molar-refractivity contribution in [1.29, 1.82) is 0 Å². The number of carboxylic acid groups (broad SMARTS) is 1. The third-order valence-electron chi connectivity index (χ3n) is 0.759. The summed E-state index contributed by atoms with van der Waals surface area (Å²) in [6, 6.07) is 0. The summed E-state index contributed by atoms with van der Waals surface area (Å²) in [6.07, 6.45) is 0. The zero-order valence-electron chi connectivity index (χ0n) is 5.53. The van der Waals surface area contributed by atoms with E-state index < -0.39 is 19.4 Å². The van der Waals surface area contributed by atoms with Gasteiger partial charge in [0.25, 0.3) is 0 Å². The molecule has 1 unspecified atom stereocenters. The molecule has 0 aromatic carbocycles. The average molecular weight is 169 g/mol. The molecule has 10 heavy (non-hydrogen) atoms. The zero-order chi connectivity index (χ0) is 7.28. The summed E-state index contributed by atoms with van der Waals surface area (Å²) in [5.41, 5.74) is 0. The van der Waals surface area contributed by atoms with E-state index in [-0.39, 0.29) is 16.4 Å². The topological polar surface area (TPSA) is 81.0 Å². The zero-order valence-corrected chi connectivity index (χ0v) is 6.94. The molecule has 0 bridgehead atoms. The van der Waals surface area contributed by atoms with Gasteiger partial charge in [-0.15, -0.1) is 0 Å². The molecule has 0 rings (SSSR count). The number of rotatable bonds is 4. The van der Waals surface area contributed by atoms with Crippen molar-refractivity contribution < 1.29 is 20.1 Å². The Morgan fingerprint density at radius 1 is 1.30 bits per heavy atom. The lowest BCUT2D eigenvalue weighted by atomic mass is 10.6. The highest BCUT2D eigenvalue weighted by atomic mass is 31.0. The molecule has 0 aliphatic heterocycles. The first-order valence-electron chi connectivity index (χ1n) is 2.36. The van der Waals surface area contributed by atoms with Gasteiger partial charge in [-0.05, 0) is 0 Å². The van der Waals surface area contributed by atoms with Crippen LogP contribution in [0.15, 0.2) is 0 Å². The molecule has 5 nitrogen and oxygen atoms in total. The number of aliphatic carboxylic acids is 1. The maximum atomic E-state index is 9.86. The minimum absolute atomic E-state index is 0. The van der Waals surface area contributed by atoms with Crippen LogP contribution in [-0.2, 0) is 4.79 Å². The number of aliphatic hydroxyl groups excluding tert-OH is 2. The van der Waals surface area contributed by atoms with Crippen LogP contribution in [0.1, 0.15) is 0 Å². The standard InChI is InChI=1S/C4H9NO4.H3P/c6-2-5(3-7)1-4(8)9;/h6-7H,1-3H2,(H,8,9);1H3. The molecule has 0 radical (unpaired) electrons. The monoisotopic (exact) mass is 169 g/mol. The molecule has 0 heterocycles. The van der Waals surface area contributed by atoms with Gasteiger partial charge in [0.15, 0.2) is 0 Å². The van der Waals surface area contributed by atoms with E-state index in [2.05, 4.69) is 0 Å². The summed E-state index contributed by atoms with van der Waals surface area (Å²) in [5, 5.41) is 24.6.